The molecule has 1 N–H and O–H groups in total. The maximum atomic E-state index is 12.1. The molecular formula is C19H26N2O2. The average molecular weight is 314 g/mol. The van der Waals surface area contributed by atoms with Crippen LogP contribution in [0.15, 0.2) is 23.0 Å². The topological polar surface area (TPSA) is 55.0 Å². The normalized spacial score (nSPS) is 15.3. The molecule has 1 heterocycles. The van der Waals surface area contributed by atoms with Gasteiger partial charge in [-0.2, -0.15) is 0 Å². The number of unbranched alkanes of at least 4 members (excludes halogenated alkanes) is 2. The molecule has 23 heavy (non-hydrogen) atoms. The van der Waals surface area contributed by atoms with Crippen LogP contribution in [0.25, 0.3) is 11.0 Å². The van der Waals surface area contributed by atoms with Crippen molar-refractivity contribution < 1.29 is 4.74 Å². The molecule has 0 spiro atoms. The fourth-order valence-electron chi connectivity index (χ4n) is 3.60. The van der Waals surface area contributed by atoms with E-state index in [1.807, 2.05) is 18.2 Å². The van der Waals surface area contributed by atoms with Crippen LogP contribution < -0.4 is 10.3 Å². The molecule has 1 fully saturated rings. The van der Waals surface area contributed by atoms with Crippen molar-refractivity contribution in [3.05, 3.63) is 34.2 Å². The van der Waals surface area contributed by atoms with Gasteiger partial charge in [0.1, 0.15) is 11.4 Å². The van der Waals surface area contributed by atoms with Crippen molar-refractivity contribution >= 4 is 11.0 Å². The Kier molecular flexibility index (Phi) is 5.31. The van der Waals surface area contributed by atoms with E-state index in [2.05, 4.69) is 9.97 Å². The van der Waals surface area contributed by atoms with Gasteiger partial charge in [0.05, 0.1) is 18.1 Å². The number of benzene rings is 1. The van der Waals surface area contributed by atoms with Gasteiger partial charge in [-0.1, -0.05) is 44.9 Å². The van der Waals surface area contributed by atoms with Crippen LogP contribution in [0.4, 0.5) is 0 Å². The van der Waals surface area contributed by atoms with Gasteiger partial charge in [-0.15, -0.1) is 0 Å². The van der Waals surface area contributed by atoms with Gasteiger partial charge in [-0.3, -0.25) is 4.79 Å². The third kappa shape index (κ3) is 4.12. The summed E-state index contributed by atoms with van der Waals surface area (Å²) in [7, 11) is 1.62. The second-order valence-corrected chi connectivity index (χ2v) is 6.65. The fraction of sp³-hybridized carbons (Fsp3) is 0.579. The summed E-state index contributed by atoms with van der Waals surface area (Å²) in [6.07, 6.45) is 11.3. The number of methoxy groups -OCH3 is 1. The van der Waals surface area contributed by atoms with Crippen LogP contribution >= 0.6 is 0 Å². The standard InChI is InChI=1S/C19H26N2O2/c1-23-15-11-12-16-18(13-15)21-19(22)17(20-16)10-4-2-3-7-14-8-5-6-9-14/h11-14H,2-10H2,1H3,(H,21,22). The maximum absolute atomic E-state index is 12.1. The lowest BCUT2D eigenvalue weighted by Crippen LogP contribution is -2.15. The fourth-order valence-corrected chi connectivity index (χ4v) is 3.60. The number of rotatable bonds is 7. The van der Waals surface area contributed by atoms with Crippen LogP contribution in [0.2, 0.25) is 0 Å². The summed E-state index contributed by atoms with van der Waals surface area (Å²) in [5, 5.41) is 0. The number of nitrogens with one attached hydrogen (secondary N) is 1. The van der Waals surface area contributed by atoms with E-state index < -0.39 is 0 Å². The van der Waals surface area contributed by atoms with E-state index in [-0.39, 0.29) is 5.56 Å². The maximum Gasteiger partial charge on any atom is 0.270 e. The number of fused-ring (bicyclic) bond motifs is 1. The summed E-state index contributed by atoms with van der Waals surface area (Å²) in [6, 6.07) is 5.59. The molecule has 3 rings (SSSR count). The number of hydrogen-bond donors (Lipinski definition) is 1. The van der Waals surface area contributed by atoms with Gasteiger partial charge in [0.2, 0.25) is 0 Å². The van der Waals surface area contributed by atoms with Crippen LogP contribution in [0.1, 0.15) is 57.1 Å². The minimum absolute atomic E-state index is 0.0680. The van der Waals surface area contributed by atoms with Gasteiger partial charge >= 0.3 is 0 Å². The summed E-state index contributed by atoms with van der Waals surface area (Å²) in [6.45, 7) is 0. The van der Waals surface area contributed by atoms with Crippen molar-refractivity contribution in [2.24, 2.45) is 5.92 Å². The number of nitrogens with zero attached hydrogens (tertiary/aromatic N) is 1. The third-order valence-electron chi connectivity index (χ3n) is 4.97. The van der Waals surface area contributed by atoms with Crippen molar-refractivity contribution in [1.82, 2.24) is 9.97 Å². The molecule has 4 heteroatoms. The monoisotopic (exact) mass is 314 g/mol. The van der Waals surface area contributed by atoms with E-state index in [4.69, 9.17) is 4.74 Å². The Hall–Kier alpha value is -1.84. The zero-order valence-corrected chi connectivity index (χ0v) is 13.9. The summed E-state index contributed by atoms with van der Waals surface area (Å²) in [5.41, 5.74) is 2.15. The van der Waals surface area contributed by atoms with E-state index in [0.717, 1.165) is 35.5 Å². The molecule has 1 aromatic carbocycles. The summed E-state index contributed by atoms with van der Waals surface area (Å²) in [4.78, 5) is 19.6. The zero-order chi connectivity index (χ0) is 16.1. The number of hydrogen-bond acceptors (Lipinski definition) is 3. The lowest BCUT2D eigenvalue weighted by molar-refractivity contribution is 0.415. The van der Waals surface area contributed by atoms with E-state index in [9.17, 15) is 4.79 Å². The van der Waals surface area contributed by atoms with Crippen molar-refractivity contribution in [3.63, 3.8) is 0 Å². The lowest BCUT2D eigenvalue weighted by Gasteiger charge is -2.08. The highest BCUT2D eigenvalue weighted by Gasteiger charge is 2.14. The molecular weight excluding hydrogens is 288 g/mol. The van der Waals surface area contributed by atoms with Crippen LogP contribution in [0, 0.1) is 5.92 Å². The number of aromatic nitrogens is 2. The zero-order valence-electron chi connectivity index (χ0n) is 13.9. The van der Waals surface area contributed by atoms with Gasteiger partial charge in [-0.05, 0) is 30.9 Å². The highest BCUT2D eigenvalue weighted by Crippen LogP contribution is 2.29. The van der Waals surface area contributed by atoms with E-state index in [1.165, 1.54) is 44.9 Å². The van der Waals surface area contributed by atoms with Gasteiger partial charge in [0.15, 0.2) is 0 Å². The van der Waals surface area contributed by atoms with Crippen LogP contribution in [0.3, 0.4) is 0 Å². The molecule has 0 aliphatic heterocycles. The molecule has 0 atom stereocenters. The first-order valence-corrected chi connectivity index (χ1v) is 8.83. The van der Waals surface area contributed by atoms with Gasteiger partial charge in [-0.25, -0.2) is 4.98 Å². The van der Waals surface area contributed by atoms with Crippen molar-refractivity contribution in [2.75, 3.05) is 7.11 Å². The van der Waals surface area contributed by atoms with Crippen LogP contribution in [0.5, 0.6) is 5.75 Å². The Bertz CT molecular complexity index is 702. The number of aryl methyl sites for hydroxylation is 1. The largest absolute Gasteiger partial charge is 0.497 e. The third-order valence-corrected chi connectivity index (χ3v) is 4.97. The molecule has 0 amide bonds. The molecule has 1 aromatic heterocycles. The smallest absolute Gasteiger partial charge is 0.270 e. The Morgan fingerprint density at radius 3 is 2.83 bits per heavy atom. The number of aromatic amines is 1. The second kappa shape index (κ2) is 7.62. The lowest BCUT2D eigenvalue weighted by atomic mass is 9.99. The quantitative estimate of drug-likeness (QED) is 0.778. The number of ether oxygens (including phenoxy) is 1. The minimum atomic E-state index is -0.0680. The van der Waals surface area contributed by atoms with Crippen molar-refractivity contribution in [1.29, 1.82) is 0 Å². The predicted octanol–water partition coefficient (Wildman–Crippen LogP) is 4.22. The molecule has 0 saturated heterocycles. The van der Waals surface area contributed by atoms with Crippen LogP contribution in [-0.2, 0) is 6.42 Å². The van der Waals surface area contributed by atoms with Crippen molar-refractivity contribution in [3.8, 4) is 5.75 Å². The molecule has 1 saturated carbocycles. The highest BCUT2D eigenvalue weighted by atomic mass is 16.5. The summed E-state index contributed by atoms with van der Waals surface area (Å²) >= 11 is 0. The Morgan fingerprint density at radius 2 is 2.04 bits per heavy atom. The van der Waals surface area contributed by atoms with E-state index >= 15 is 0 Å². The number of H-pyrrole nitrogens is 1. The van der Waals surface area contributed by atoms with E-state index in [1.54, 1.807) is 7.11 Å². The molecule has 4 nitrogen and oxygen atoms in total. The second-order valence-electron chi connectivity index (χ2n) is 6.65. The highest BCUT2D eigenvalue weighted by molar-refractivity contribution is 5.75. The van der Waals surface area contributed by atoms with Crippen LogP contribution in [-0.4, -0.2) is 17.1 Å². The first kappa shape index (κ1) is 16.0. The molecule has 0 radical (unpaired) electrons. The Morgan fingerprint density at radius 1 is 1.22 bits per heavy atom. The molecule has 124 valence electrons. The Labute approximate surface area is 137 Å². The molecule has 0 bridgehead atoms. The van der Waals surface area contributed by atoms with Gasteiger partial charge in [0.25, 0.3) is 5.56 Å². The molecule has 1 aliphatic rings. The molecule has 1 aliphatic carbocycles. The predicted molar refractivity (Wildman–Crippen MR) is 93.0 cm³/mol. The Balaban J connectivity index is 1.55. The van der Waals surface area contributed by atoms with E-state index in [0.29, 0.717) is 5.69 Å². The summed E-state index contributed by atoms with van der Waals surface area (Å²) < 4.78 is 5.18. The van der Waals surface area contributed by atoms with Gasteiger partial charge in [0, 0.05) is 6.07 Å². The first-order valence-electron chi connectivity index (χ1n) is 8.83. The van der Waals surface area contributed by atoms with Gasteiger partial charge < -0.3 is 9.72 Å². The molecule has 0 unspecified atom stereocenters. The molecule has 2 aromatic rings. The minimum Gasteiger partial charge on any atom is -0.497 e. The van der Waals surface area contributed by atoms with Crippen molar-refractivity contribution in [2.45, 2.75) is 57.8 Å². The first-order chi connectivity index (χ1) is 11.3. The summed E-state index contributed by atoms with van der Waals surface area (Å²) in [5.74, 6) is 1.70. The average Bonchev–Trinajstić information content (AvgIpc) is 3.07. The SMILES string of the molecule is COc1ccc2nc(CCCCCC3CCCC3)c(=O)[nH]c2c1.